The largest absolute Gasteiger partial charge is 0.381 e. The smallest absolute Gasteiger partial charge is 0.158 e. The lowest BCUT2D eigenvalue weighted by Gasteiger charge is -2.05. The van der Waals surface area contributed by atoms with Crippen molar-refractivity contribution in [3.63, 3.8) is 0 Å². The van der Waals surface area contributed by atoms with Crippen molar-refractivity contribution in [2.24, 2.45) is 0 Å². The first-order valence-corrected chi connectivity index (χ1v) is 5.87. The first-order chi connectivity index (χ1) is 7.58. The zero-order valence-electron chi connectivity index (χ0n) is 7.92. The normalized spacial score (nSPS) is 10.4. The summed E-state index contributed by atoms with van der Waals surface area (Å²) < 4.78 is 0.465. The second-order valence-electron chi connectivity index (χ2n) is 3.05. The number of hydrogen-bond acceptors (Lipinski definition) is 3. The van der Waals surface area contributed by atoms with Crippen LogP contribution in [0.3, 0.4) is 0 Å². The third-order valence-electron chi connectivity index (χ3n) is 1.93. The van der Waals surface area contributed by atoms with Gasteiger partial charge in [0.15, 0.2) is 11.0 Å². The molecule has 3 nitrogen and oxygen atoms in total. The van der Waals surface area contributed by atoms with E-state index < -0.39 is 0 Å². The van der Waals surface area contributed by atoms with Crippen molar-refractivity contribution in [2.45, 2.75) is 0 Å². The number of nitrogen functional groups attached to an aromatic ring is 1. The number of nitrogens with two attached hydrogens (primary N) is 1. The summed E-state index contributed by atoms with van der Waals surface area (Å²) in [7, 11) is 0. The van der Waals surface area contributed by atoms with Crippen molar-refractivity contribution in [3.05, 3.63) is 39.0 Å². The van der Waals surface area contributed by atoms with Crippen LogP contribution in [0.2, 0.25) is 10.2 Å². The van der Waals surface area contributed by atoms with Gasteiger partial charge in [0.25, 0.3) is 0 Å². The Labute approximate surface area is 111 Å². The van der Waals surface area contributed by atoms with E-state index in [0.717, 1.165) is 5.56 Å². The van der Waals surface area contributed by atoms with E-state index in [1.54, 1.807) is 12.1 Å². The van der Waals surface area contributed by atoms with Gasteiger partial charge in [0, 0.05) is 10.6 Å². The number of halogens is 3. The Kier molecular flexibility index (Phi) is 3.33. The van der Waals surface area contributed by atoms with Gasteiger partial charge < -0.3 is 5.73 Å². The average molecular weight is 319 g/mol. The van der Waals surface area contributed by atoms with Crippen molar-refractivity contribution < 1.29 is 0 Å². The maximum atomic E-state index is 5.97. The highest BCUT2D eigenvalue weighted by Gasteiger charge is 2.10. The van der Waals surface area contributed by atoms with E-state index in [0.29, 0.717) is 15.3 Å². The minimum absolute atomic E-state index is 0.253. The topological polar surface area (TPSA) is 51.8 Å². The number of hydrogen-bond donors (Lipinski definition) is 1. The molecule has 0 fully saturated rings. The Bertz CT molecular complexity index is 546. The van der Waals surface area contributed by atoms with Gasteiger partial charge in [-0.1, -0.05) is 35.3 Å². The Balaban J connectivity index is 2.60. The second-order valence-corrected chi connectivity index (χ2v) is 4.60. The molecule has 0 saturated heterocycles. The van der Waals surface area contributed by atoms with E-state index in [2.05, 4.69) is 25.9 Å². The summed E-state index contributed by atoms with van der Waals surface area (Å²) in [5, 5.41) is 0.867. The lowest BCUT2D eigenvalue weighted by Crippen LogP contribution is -1.97. The second kappa shape index (κ2) is 4.57. The lowest BCUT2D eigenvalue weighted by atomic mass is 10.2. The van der Waals surface area contributed by atoms with Gasteiger partial charge in [-0.2, -0.15) is 0 Å². The molecule has 0 atom stereocenters. The van der Waals surface area contributed by atoms with Gasteiger partial charge in [-0.25, -0.2) is 9.97 Å². The molecule has 0 aliphatic carbocycles. The molecule has 0 saturated carbocycles. The molecule has 0 unspecified atom stereocenters. The lowest BCUT2D eigenvalue weighted by molar-refractivity contribution is 1.18. The van der Waals surface area contributed by atoms with Gasteiger partial charge in [0.2, 0.25) is 0 Å². The summed E-state index contributed by atoms with van der Waals surface area (Å²) in [6.07, 6.45) is 0. The standard InChI is InChI=1S/C10H6BrCl2N3/c11-8-10(14)16-9(13)7(15-8)5-2-1-3-6(12)4-5/h1-4H,(H2,14,16). The van der Waals surface area contributed by atoms with Crippen LogP contribution in [0.25, 0.3) is 11.3 Å². The maximum Gasteiger partial charge on any atom is 0.158 e. The van der Waals surface area contributed by atoms with Crippen molar-refractivity contribution in [2.75, 3.05) is 5.73 Å². The van der Waals surface area contributed by atoms with Gasteiger partial charge in [0.05, 0.1) is 0 Å². The number of aromatic nitrogens is 2. The Morgan fingerprint density at radius 2 is 1.94 bits per heavy atom. The van der Waals surface area contributed by atoms with Gasteiger partial charge >= 0.3 is 0 Å². The van der Waals surface area contributed by atoms with Gasteiger partial charge in [-0.15, -0.1) is 0 Å². The first-order valence-electron chi connectivity index (χ1n) is 4.32. The van der Waals surface area contributed by atoms with Gasteiger partial charge in [0.1, 0.15) is 10.3 Å². The molecule has 0 amide bonds. The zero-order chi connectivity index (χ0) is 11.7. The van der Waals surface area contributed by atoms with Crippen molar-refractivity contribution in [1.82, 2.24) is 9.97 Å². The van der Waals surface area contributed by atoms with Crippen LogP contribution in [0.4, 0.5) is 5.82 Å². The van der Waals surface area contributed by atoms with E-state index in [9.17, 15) is 0 Å². The molecular formula is C10H6BrCl2N3. The van der Waals surface area contributed by atoms with Crippen molar-refractivity contribution in [3.8, 4) is 11.3 Å². The number of benzene rings is 1. The summed E-state index contributed by atoms with van der Waals surface area (Å²) in [6.45, 7) is 0. The minimum Gasteiger partial charge on any atom is -0.381 e. The van der Waals surface area contributed by atoms with Crippen LogP contribution in [0, 0.1) is 0 Å². The molecule has 0 radical (unpaired) electrons. The molecule has 16 heavy (non-hydrogen) atoms. The predicted molar refractivity (Wildman–Crippen MR) is 69.6 cm³/mol. The highest BCUT2D eigenvalue weighted by molar-refractivity contribution is 9.10. The van der Waals surface area contributed by atoms with Gasteiger partial charge in [-0.3, -0.25) is 0 Å². The molecule has 1 aromatic heterocycles. The summed E-state index contributed by atoms with van der Waals surface area (Å²) in [6, 6.07) is 7.21. The summed E-state index contributed by atoms with van der Waals surface area (Å²) in [5.41, 5.74) is 6.91. The van der Waals surface area contributed by atoms with E-state index in [4.69, 9.17) is 28.9 Å². The van der Waals surface area contributed by atoms with Crippen LogP contribution in [0.1, 0.15) is 0 Å². The molecule has 2 rings (SSSR count). The average Bonchev–Trinajstić information content (AvgIpc) is 2.23. The molecule has 2 N–H and O–H groups in total. The van der Waals surface area contributed by atoms with E-state index in [1.807, 2.05) is 12.1 Å². The molecule has 0 bridgehead atoms. The fourth-order valence-electron chi connectivity index (χ4n) is 1.23. The molecule has 6 heteroatoms. The fraction of sp³-hybridized carbons (Fsp3) is 0. The fourth-order valence-corrected chi connectivity index (χ4v) is 1.92. The quantitative estimate of drug-likeness (QED) is 0.870. The molecule has 0 aliphatic heterocycles. The number of nitrogens with zero attached hydrogens (tertiary/aromatic N) is 2. The maximum absolute atomic E-state index is 5.97. The SMILES string of the molecule is Nc1nc(Cl)c(-c2cccc(Cl)c2)nc1Br. The molecule has 0 spiro atoms. The minimum atomic E-state index is 0.253. The van der Waals surface area contributed by atoms with Gasteiger partial charge in [-0.05, 0) is 28.1 Å². The number of anilines is 1. The van der Waals surface area contributed by atoms with Crippen LogP contribution in [-0.2, 0) is 0 Å². The third kappa shape index (κ3) is 2.29. The Hall–Kier alpha value is -0.840. The highest BCUT2D eigenvalue weighted by atomic mass is 79.9. The summed E-state index contributed by atoms with van der Waals surface area (Å²) in [5.74, 6) is 0.260. The van der Waals surface area contributed by atoms with E-state index in [-0.39, 0.29) is 11.0 Å². The molecule has 0 aliphatic rings. The Morgan fingerprint density at radius 1 is 1.19 bits per heavy atom. The summed E-state index contributed by atoms with van der Waals surface area (Å²) in [4.78, 5) is 8.19. The molecule has 2 aromatic rings. The monoisotopic (exact) mass is 317 g/mol. The number of rotatable bonds is 1. The van der Waals surface area contributed by atoms with Crippen LogP contribution < -0.4 is 5.73 Å². The van der Waals surface area contributed by atoms with Crippen LogP contribution in [-0.4, -0.2) is 9.97 Å². The van der Waals surface area contributed by atoms with Crippen molar-refractivity contribution in [1.29, 1.82) is 0 Å². The Morgan fingerprint density at radius 3 is 2.62 bits per heavy atom. The van der Waals surface area contributed by atoms with Crippen LogP contribution in [0.5, 0.6) is 0 Å². The molecule has 1 heterocycles. The van der Waals surface area contributed by atoms with Crippen LogP contribution in [0.15, 0.2) is 28.9 Å². The van der Waals surface area contributed by atoms with Crippen LogP contribution >= 0.6 is 39.1 Å². The van der Waals surface area contributed by atoms with Crippen molar-refractivity contribution >= 4 is 44.9 Å². The molecule has 1 aromatic carbocycles. The zero-order valence-corrected chi connectivity index (χ0v) is 11.0. The highest BCUT2D eigenvalue weighted by Crippen LogP contribution is 2.29. The van der Waals surface area contributed by atoms with E-state index in [1.165, 1.54) is 0 Å². The first kappa shape index (κ1) is 11.6. The third-order valence-corrected chi connectivity index (χ3v) is 3.02. The summed E-state index contributed by atoms with van der Waals surface area (Å²) >= 11 is 15.1. The molecule has 82 valence electrons. The van der Waals surface area contributed by atoms with E-state index >= 15 is 0 Å². The predicted octanol–water partition coefficient (Wildman–Crippen LogP) is 3.80. The molecular weight excluding hydrogens is 313 g/mol.